The number of amides is 1. The van der Waals surface area contributed by atoms with Crippen LogP contribution in [-0.2, 0) is 6.54 Å². The van der Waals surface area contributed by atoms with E-state index in [2.05, 4.69) is 51.4 Å². The van der Waals surface area contributed by atoms with Gasteiger partial charge in [-0.05, 0) is 49.8 Å². The molecule has 1 atom stereocenters. The number of hydrogen-bond acceptors (Lipinski definition) is 5. The largest absolute Gasteiger partial charge is 0.368 e. The molecule has 3 heterocycles. The minimum absolute atomic E-state index is 0.000998. The zero-order chi connectivity index (χ0) is 19.3. The van der Waals surface area contributed by atoms with Crippen LogP contribution in [0.25, 0.3) is 0 Å². The van der Waals surface area contributed by atoms with E-state index < -0.39 is 0 Å². The van der Waals surface area contributed by atoms with E-state index in [0.717, 1.165) is 52.1 Å². The summed E-state index contributed by atoms with van der Waals surface area (Å²) in [4.78, 5) is 25.6. The molecule has 1 aromatic heterocycles. The first-order valence-electron chi connectivity index (χ1n) is 10.3. The molecule has 0 spiro atoms. The van der Waals surface area contributed by atoms with Gasteiger partial charge in [0.15, 0.2) is 0 Å². The number of aromatic nitrogens is 2. The molecule has 2 saturated heterocycles. The molecule has 148 valence electrons. The third-order valence-corrected chi connectivity index (χ3v) is 5.84. The van der Waals surface area contributed by atoms with Crippen LogP contribution in [0.2, 0.25) is 0 Å². The van der Waals surface area contributed by atoms with Crippen molar-refractivity contribution < 1.29 is 4.79 Å². The SMILES string of the molecule is Cc1ccccc1CN1CCC(CNc2cncc(C(=O)N3CCCC3)n2)C1. The van der Waals surface area contributed by atoms with E-state index in [1.165, 1.54) is 17.5 Å². The summed E-state index contributed by atoms with van der Waals surface area (Å²) in [6, 6.07) is 8.62. The van der Waals surface area contributed by atoms with Gasteiger partial charge in [-0.2, -0.15) is 0 Å². The molecule has 1 amide bonds. The van der Waals surface area contributed by atoms with Crippen molar-refractivity contribution >= 4 is 11.7 Å². The van der Waals surface area contributed by atoms with Gasteiger partial charge in [-0.1, -0.05) is 24.3 Å². The summed E-state index contributed by atoms with van der Waals surface area (Å²) in [5, 5.41) is 3.40. The molecule has 0 saturated carbocycles. The van der Waals surface area contributed by atoms with Gasteiger partial charge in [0.05, 0.1) is 12.4 Å². The van der Waals surface area contributed by atoms with E-state index in [1.54, 1.807) is 12.4 Å². The summed E-state index contributed by atoms with van der Waals surface area (Å²) >= 11 is 0. The van der Waals surface area contributed by atoms with Gasteiger partial charge in [0.1, 0.15) is 11.5 Å². The molecular weight excluding hydrogens is 350 g/mol. The van der Waals surface area contributed by atoms with Crippen molar-refractivity contribution in [1.29, 1.82) is 0 Å². The topological polar surface area (TPSA) is 61.4 Å². The third kappa shape index (κ3) is 4.50. The highest BCUT2D eigenvalue weighted by atomic mass is 16.2. The second-order valence-corrected chi connectivity index (χ2v) is 7.99. The summed E-state index contributed by atoms with van der Waals surface area (Å²) in [6.45, 7) is 7.93. The van der Waals surface area contributed by atoms with E-state index in [0.29, 0.717) is 17.4 Å². The lowest BCUT2D eigenvalue weighted by Crippen LogP contribution is -2.29. The molecule has 0 aliphatic carbocycles. The zero-order valence-corrected chi connectivity index (χ0v) is 16.6. The third-order valence-electron chi connectivity index (χ3n) is 5.84. The maximum Gasteiger partial charge on any atom is 0.274 e. The van der Waals surface area contributed by atoms with E-state index in [4.69, 9.17) is 0 Å². The molecule has 1 unspecified atom stereocenters. The highest BCUT2D eigenvalue weighted by molar-refractivity contribution is 5.92. The summed E-state index contributed by atoms with van der Waals surface area (Å²) < 4.78 is 0. The van der Waals surface area contributed by atoms with Crippen molar-refractivity contribution in [2.24, 2.45) is 5.92 Å². The second kappa shape index (κ2) is 8.69. The minimum Gasteiger partial charge on any atom is -0.368 e. The fourth-order valence-corrected chi connectivity index (χ4v) is 4.14. The number of likely N-dealkylation sites (tertiary alicyclic amines) is 2. The molecular formula is C22H29N5O. The Balaban J connectivity index is 1.28. The molecule has 0 bridgehead atoms. The van der Waals surface area contributed by atoms with E-state index >= 15 is 0 Å². The molecule has 0 radical (unpaired) electrons. The lowest BCUT2D eigenvalue weighted by Gasteiger charge is -2.18. The molecule has 6 heteroatoms. The van der Waals surface area contributed by atoms with Gasteiger partial charge in [-0.25, -0.2) is 4.98 Å². The Hall–Kier alpha value is -2.47. The van der Waals surface area contributed by atoms with Gasteiger partial charge in [0, 0.05) is 32.7 Å². The first-order chi connectivity index (χ1) is 13.7. The molecule has 2 aromatic rings. The van der Waals surface area contributed by atoms with Crippen molar-refractivity contribution in [1.82, 2.24) is 19.8 Å². The molecule has 1 N–H and O–H groups in total. The molecule has 4 rings (SSSR count). The van der Waals surface area contributed by atoms with Gasteiger partial charge in [0.25, 0.3) is 5.91 Å². The summed E-state index contributed by atoms with van der Waals surface area (Å²) in [5.74, 6) is 1.28. The average Bonchev–Trinajstić information content (AvgIpc) is 3.40. The smallest absolute Gasteiger partial charge is 0.274 e. The number of aryl methyl sites for hydroxylation is 1. The Morgan fingerprint density at radius 3 is 2.82 bits per heavy atom. The van der Waals surface area contributed by atoms with Crippen molar-refractivity contribution in [2.45, 2.75) is 32.7 Å². The Kier molecular flexibility index (Phi) is 5.86. The quantitative estimate of drug-likeness (QED) is 0.836. The van der Waals surface area contributed by atoms with Crippen LogP contribution >= 0.6 is 0 Å². The molecule has 6 nitrogen and oxygen atoms in total. The van der Waals surface area contributed by atoms with Crippen molar-refractivity contribution in [3.8, 4) is 0 Å². The molecule has 2 fully saturated rings. The number of carbonyl (C=O) groups excluding carboxylic acids is 1. The molecule has 2 aliphatic rings. The van der Waals surface area contributed by atoms with Crippen LogP contribution in [0.15, 0.2) is 36.7 Å². The van der Waals surface area contributed by atoms with E-state index in [1.807, 2.05) is 4.90 Å². The Labute approximate surface area is 167 Å². The Morgan fingerprint density at radius 2 is 2.00 bits per heavy atom. The van der Waals surface area contributed by atoms with Gasteiger partial charge < -0.3 is 10.2 Å². The fourth-order valence-electron chi connectivity index (χ4n) is 4.14. The number of hydrogen-bond donors (Lipinski definition) is 1. The lowest BCUT2D eigenvalue weighted by molar-refractivity contribution is 0.0786. The second-order valence-electron chi connectivity index (χ2n) is 7.99. The number of carbonyl (C=O) groups is 1. The van der Waals surface area contributed by atoms with Crippen LogP contribution in [0.5, 0.6) is 0 Å². The van der Waals surface area contributed by atoms with Crippen LogP contribution in [0.1, 0.15) is 40.9 Å². The fraction of sp³-hybridized carbons (Fsp3) is 0.500. The highest BCUT2D eigenvalue weighted by Crippen LogP contribution is 2.20. The summed E-state index contributed by atoms with van der Waals surface area (Å²) in [7, 11) is 0. The van der Waals surface area contributed by atoms with Crippen LogP contribution in [0.3, 0.4) is 0 Å². The molecule has 28 heavy (non-hydrogen) atoms. The maximum absolute atomic E-state index is 12.5. The highest BCUT2D eigenvalue weighted by Gasteiger charge is 2.24. The number of rotatable bonds is 6. The first-order valence-corrected chi connectivity index (χ1v) is 10.3. The average molecular weight is 380 g/mol. The minimum atomic E-state index is -0.000998. The number of nitrogens with one attached hydrogen (secondary N) is 1. The van der Waals surface area contributed by atoms with Gasteiger partial charge in [-0.3, -0.25) is 14.7 Å². The first kappa shape index (κ1) is 18.9. The normalized spacial score (nSPS) is 19.9. The molecule has 1 aromatic carbocycles. The monoisotopic (exact) mass is 379 g/mol. The standard InChI is InChI=1S/C22H29N5O/c1-17-6-2-3-7-19(17)16-26-11-8-18(15-26)12-24-21-14-23-13-20(25-21)22(28)27-9-4-5-10-27/h2-3,6-7,13-14,18H,4-5,8-12,15-16H2,1H3,(H,24,25). The summed E-state index contributed by atoms with van der Waals surface area (Å²) in [5.41, 5.74) is 3.22. The van der Waals surface area contributed by atoms with Crippen molar-refractivity contribution in [3.05, 3.63) is 53.5 Å². The van der Waals surface area contributed by atoms with Gasteiger partial charge >= 0.3 is 0 Å². The van der Waals surface area contributed by atoms with Gasteiger partial charge in [-0.15, -0.1) is 0 Å². The van der Waals surface area contributed by atoms with Crippen molar-refractivity contribution in [3.63, 3.8) is 0 Å². The lowest BCUT2D eigenvalue weighted by atomic mass is 10.1. The number of benzene rings is 1. The predicted molar refractivity (Wildman–Crippen MR) is 110 cm³/mol. The summed E-state index contributed by atoms with van der Waals surface area (Å²) in [6.07, 6.45) is 6.63. The number of nitrogens with zero attached hydrogens (tertiary/aromatic N) is 4. The Bertz CT molecular complexity index is 818. The Morgan fingerprint density at radius 1 is 1.18 bits per heavy atom. The van der Waals surface area contributed by atoms with Crippen LogP contribution < -0.4 is 5.32 Å². The van der Waals surface area contributed by atoms with Crippen LogP contribution in [0, 0.1) is 12.8 Å². The number of anilines is 1. The van der Waals surface area contributed by atoms with E-state index in [-0.39, 0.29) is 5.91 Å². The predicted octanol–water partition coefficient (Wildman–Crippen LogP) is 2.96. The van der Waals surface area contributed by atoms with Crippen LogP contribution in [0.4, 0.5) is 5.82 Å². The zero-order valence-electron chi connectivity index (χ0n) is 16.6. The van der Waals surface area contributed by atoms with Gasteiger partial charge in [0.2, 0.25) is 0 Å². The molecule has 2 aliphatic heterocycles. The maximum atomic E-state index is 12.5. The van der Waals surface area contributed by atoms with Crippen LogP contribution in [-0.4, -0.2) is 58.4 Å². The van der Waals surface area contributed by atoms with E-state index in [9.17, 15) is 4.79 Å². The van der Waals surface area contributed by atoms with Crippen molar-refractivity contribution in [2.75, 3.05) is 38.0 Å².